The molecule has 1 aliphatic rings. The first-order valence-electron chi connectivity index (χ1n) is 6.24. The summed E-state index contributed by atoms with van der Waals surface area (Å²) in [5.41, 5.74) is 0.977. The average molecular weight is 246 g/mol. The second kappa shape index (κ2) is 4.53. The van der Waals surface area contributed by atoms with Crippen molar-refractivity contribution < 1.29 is 9.50 Å². The van der Waals surface area contributed by atoms with Crippen molar-refractivity contribution in [2.45, 2.75) is 25.4 Å². The summed E-state index contributed by atoms with van der Waals surface area (Å²) < 4.78 is 15.5. The molecule has 0 bridgehead atoms. The largest absolute Gasteiger partial charge is 0.388 e. The van der Waals surface area contributed by atoms with Crippen molar-refractivity contribution in [1.82, 2.24) is 9.78 Å². The van der Waals surface area contributed by atoms with Crippen LogP contribution in [0.3, 0.4) is 0 Å². The van der Waals surface area contributed by atoms with Crippen molar-refractivity contribution in [2.75, 3.05) is 0 Å². The van der Waals surface area contributed by atoms with Crippen LogP contribution in [0.4, 0.5) is 4.39 Å². The normalized spacial score (nSPS) is 17.4. The minimum absolute atomic E-state index is 0.188. The van der Waals surface area contributed by atoms with Crippen LogP contribution < -0.4 is 0 Å². The van der Waals surface area contributed by atoms with Gasteiger partial charge in [0.2, 0.25) is 5.95 Å². The van der Waals surface area contributed by atoms with Crippen LogP contribution in [0.2, 0.25) is 0 Å². The van der Waals surface area contributed by atoms with Gasteiger partial charge >= 0.3 is 0 Å². The Hall–Kier alpha value is -1.68. The maximum Gasteiger partial charge on any atom is 0.222 e. The van der Waals surface area contributed by atoms with Gasteiger partial charge < -0.3 is 5.11 Å². The number of para-hydroxylation sites is 1. The van der Waals surface area contributed by atoms with E-state index in [0.717, 1.165) is 19.3 Å². The van der Waals surface area contributed by atoms with E-state index >= 15 is 0 Å². The molecule has 1 aliphatic carbocycles. The fraction of sp³-hybridized carbons (Fsp3) is 0.357. The summed E-state index contributed by atoms with van der Waals surface area (Å²) in [6.07, 6.45) is 3.77. The molecule has 0 spiro atoms. The molecular weight excluding hydrogens is 231 g/mol. The molecule has 0 aliphatic heterocycles. The van der Waals surface area contributed by atoms with Gasteiger partial charge in [-0.25, -0.2) is 4.68 Å². The van der Waals surface area contributed by atoms with Gasteiger partial charge in [0.05, 0.1) is 23.6 Å². The van der Waals surface area contributed by atoms with Crippen LogP contribution in [0, 0.1) is 11.9 Å². The van der Waals surface area contributed by atoms with Crippen LogP contribution in [0.25, 0.3) is 5.69 Å². The van der Waals surface area contributed by atoms with Crippen molar-refractivity contribution in [3.63, 3.8) is 0 Å². The van der Waals surface area contributed by atoms with Gasteiger partial charge in [0, 0.05) is 0 Å². The Morgan fingerprint density at radius 2 is 2.00 bits per heavy atom. The summed E-state index contributed by atoms with van der Waals surface area (Å²) in [5.74, 6) is -0.270. The third-order valence-electron chi connectivity index (χ3n) is 3.65. The van der Waals surface area contributed by atoms with Gasteiger partial charge in [-0.05, 0) is 30.9 Å². The lowest BCUT2D eigenvalue weighted by molar-refractivity contribution is 0.0590. The van der Waals surface area contributed by atoms with Crippen LogP contribution in [0.15, 0.2) is 36.5 Å². The Kier molecular flexibility index (Phi) is 2.88. The smallest absolute Gasteiger partial charge is 0.222 e. The number of hydrogen-bond acceptors (Lipinski definition) is 2. The number of halogens is 1. The molecule has 2 aromatic rings. The summed E-state index contributed by atoms with van der Waals surface area (Å²) in [5, 5.41) is 14.1. The molecular formula is C14H15FN2O. The first-order chi connectivity index (χ1) is 8.77. The molecule has 0 radical (unpaired) electrons. The van der Waals surface area contributed by atoms with Crippen LogP contribution in [-0.2, 0) is 0 Å². The monoisotopic (exact) mass is 246 g/mol. The van der Waals surface area contributed by atoms with Gasteiger partial charge in [0.25, 0.3) is 0 Å². The third kappa shape index (κ3) is 1.82. The molecule has 1 unspecified atom stereocenters. The van der Waals surface area contributed by atoms with Crippen molar-refractivity contribution >= 4 is 0 Å². The minimum atomic E-state index is -0.726. The molecule has 1 aromatic carbocycles. The number of nitrogens with zero attached hydrogens (tertiary/aromatic N) is 2. The molecule has 0 amide bonds. The standard InChI is InChI=1S/C14H15FN2O/c15-14-12(13(18)10-5-4-6-10)9-16-17(14)11-7-2-1-3-8-11/h1-3,7-10,13,18H,4-6H2. The fourth-order valence-electron chi connectivity index (χ4n) is 2.30. The maximum atomic E-state index is 14.2. The van der Waals surface area contributed by atoms with E-state index in [1.165, 1.54) is 10.9 Å². The highest BCUT2D eigenvalue weighted by atomic mass is 19.1. The number of rotatable bonds is 3. The quantitative estimate of drug-likeness (QED) is 0.904. The average Bonchev–Trinajstić information content (AvgIpc) is 2.70. The molecule has 94 valence electrons. The van der Waals surface area contributed by atoms with E-state index < -0.39 is 12.1 Å². The Morgan fingerprint density at radius 1 is 1.28 bits per heavy atom. The van der Waals surface area contributed by atoms with Crippen LogP contribution in [-0.4, -0.2) is 14.9 Å². The molecule has 1 atom stereocenters. The minimum Gasteiger partial charge on any atom is -0.388 e. The van der Waals surface area contributed by atoms with E-state index in [4.69, 9.17) is 0 Å². The lowest BCUT2D eigenvalue weighted by Crippen LogP contribution is -2.20. The van der Waals surface area contributed by atoms with Gasteiger partial charge in [-0.3, -0.25) is 0 Å². The van der Waals surface area contributed by atoms with Gasteiger partial charge in [-0.1, -0.05) is 24.6 Å². The molecule has 1 heterocycles. The molecule has 3 nitrogen and oxygen atoms in total. The Bertz CT molecular complexity index is 534. The van der Waals surface area contributed by atoms with Crippen LogP contribution >= 0.6 is 0 Å². The molecule has 3 rings (SSSR count). The van der Waals surface area contributed by atoms with E-state index in [0.29, 0.717) is 11.3 Å². The zero-order valence-corrected chi connectivity index (χ0v) is 9.96. The molecule has 18 heavy (non-hydrogen) atoms. The zero-order valence-electron chi connectivity index (χ0n) is 9.96. The maximum absolute atomic E-state index is 14.2. The number of aromatic nitrogens is 2. The van der Waals surface area contributed by atoms with Gasteiger partial charge in [0.15, 0.2) is 0 Å². The summed E-state index contributed by atoms with van der Waals surface area (Å²) in [6.45, 7) is 0. The topological polar surface area (TPSA) is 38.1 Å². The Labute approximate surface area is 105 Å². The van der Waals surface area contributed by atoms with Crippen LogP contribution in [0.1, 0.15) is 30.9 Å². The molecule has 1 fully saturated rings. The summed E-state index contributed by atoms with van der Waals surface area (Å²) >= 11 is 0. The van der Waals surface area contributed by atoms with E-state index in [-0.39, 0.29) is 5.92 Å². The predicted octanol–water partition coefficient (Wildman–Crippen LogP) is 2.84. The highest BCUT2D eigenvalue weighted by molar-refractivity contribution is 5.32. The Balaban J connectivity index is 1.92. The number of aliphatic hydroxyl groups excluding tert-OH is 1. The van der Waals surface area contributed by atoms with Crippen LogP contribution in [0.5, 0.6) is 0 Å². The highest BCUT2D eigenvalue weighted by Crippen LogP contribution is 2.38. The van der Waals surface area contributed by atoms with Gasteiger partial charge in [-0.15, -0.1) is 0 Å². The van der Waals surface area contributed by atoms with Gasteiger partial charge in [0.1, 0.15) is 0 Å². The third-order valence-corrected chi connectivity index (χ3v) is 3.65. The zero-order chi connectivity index (χ0) is 12.5. The number of aliphatic hydroxyl groups is 1. The number of hydrogen-bond donors (Lipinski definition) is 1. The van der Waals surface area contributed by atoms with Crippen molar-refractivity contribution in [3.8, 4) is 5.69 Å². The van der Waals surface area contributed by atoms with E-state index in [1.807, 2.05) is 18.2 Å². The predicted molar refractivity (Wildman–Crippen MR) is 65.8 cm³/mol. The van der Waals surface area contributed by atoms with Gasteiger partial charge in [-0.2, -0.15) is 9.49 Å². The summed E-state index contributed by atoms with van der Waals surface area (Å²) in [6, 6.07) is 9.11. The molecule has 1 aromatic heterocycles. The lowest BCUT2D eigenvalue weighted by atomic mass is 9.79. The van der Waals surface area contributed by atoms with Crippen molar-refractivity contribution in [2.24, 2.45) is 5.92 Å². The van der Waals surface area contributed by atoms with Crippen molar-refractivity contribution in [1.29, 1.82) is 0 Å². The second-order valence-corrected chi connectivity index (χ2v) is 4.77. The molecule has 4 heteroatoms. The lowest BCUT2D eigenvalue weighted by Gasteiger charge is -2.29. The SMILES string of the molecule is OC(c1cnn(-c2ccccc2)c1F)C1CCC1. The summed E-state index contributed by atoms with van der Waals surface area (Å²) in [7, 11) is 0. The second-order valence-electron chi connectivity index (χ2n) is 4.77. The first kappa shape index (κ1) is 11.4. The highest BCUT2D eigenvalue weighted by Gasteiger charge is 2.30. The fourth-order valence-corrected chi connectivity index (χ4v) is 2.30. The number of benzene rings is 1. The molecule has 1 saturated carbocycles. The molecule has 1 N–H and O–H groups in total. The Morgan fingerprint density at radius 3 is 2.61 bits per heavy atom. The van der Waals surface area contributed by atoms with E-state index in [2.05, 4.69) is 5.10 Å². The molecule has 0 saturated heterocycles. The van der Waals surface area contributed by atoms with Crippen molar-refractivity contribution in [3.05, 3.63) is 48.0 Å². The van der Waals surface area contributed by atoms with E-state index in [9.17, 15) is 9.50 Å². The first-order valence-corrected chi connectivity index (χ1v) is 6.24. The summed E-state index contributed by atoms with van der Waals surface area (Å²) in [4.78, 5) is 0. The van der Waals surface area contributed by atoms with E-state index in [1.54, 1.807) is 12.1 Å².